The lowest BCUT2D eigenvalue weighted by molar-refractivity contribution is 0.111. The third-order valence-electron chi connectivity index (χ3n) is 5.08. The zero-order valence-electron chi connectivity index (χ0n) is 16.1. The lowest BCUT2D eigenvalue weighted by Crippen LogP contribution is -2.37. The van der Waals surface area contributed by atoms with Crippen LogP contribution in [0.3, 0.4) is 0 Å². The number of methoxy groups -OCH3 is 1. The van der Waals surface area contributed by atoms with Gasteiger partial charge in [0.05, 0.1) is 25.4 Å². The maximum atomic E-state index is 9.81. The van der Waals surface area contributed by atoms with E-state index in [-0.39, 0.29) is 24.1 Å². The van der Waals surface area contributed by atoms with Crippen molar-refractivity contribution in [2.45, 2.75) is 52.1 Å². The number of aromatic nitrogens is 4. The molecule has 1 fully saturated rings. The molecule has 0 spiro atoms. The molecule has 7 nitrogen and oxygen atoms in total. The molecule has 0 unspecified atom stereocenters. The summed E-state index contributed by atoms with van der Waals surface area (Å²) in [5.41, 5.74) is 1.16. The average Bonchev–Trinajstić information content (AvgIpc) is 3.25. The molecule has 26 heavy (non-hydrogen) atoms. The highest BCUT2D eigenvalue weighted by Gasteiger charge is 2.37. The van der Waals surface area contributed by atoms with Crippen molar-refractivity contribution < 1.29 is 9.84 Å². The number of tetrazole rings is 1. The van der Waals surface area contributed by atoms with Gasteiger partial charge in [-0.15, -0.1) is 5.10 Å². The molecule has 0 bridgehead atoms. The quantitative estimate of drug-likeness (QED) is 0.854. The van der Waals surface area contributed by atoms with Crippen molar-refractivity contribution >= 4 is 0 Å². The summed E-state index contributed by atoms with van der Waals surface area (Å²) < 4.78 is 7.03. The summed E-state index contributed by atoms with van der Waals surface area (Å²) in [5.74, 6) is 1.64. The lowest BCUT2D eigenvalue weighted by Gasteiger charge is -2.31. The standard InChI is InChI=1S/C19H29N5O2/c1-19(2,3)11-12-23-15(13-25)7-10-17(23)18-20-21-22-24(18)14-5-8-16(26-4)9-6-14/h5-6,8-9,15,17,25H,7,10-13H2,1-4H3/t15-,17-/m0/s1. The zero-order valence-corrected chi connectivity index (χ0v) is 16.1. The highest BCUT2D eigenvalue weighted by Crippen LogP contribution is 2.36. The Morgan fingerprint density at radius 2 is 1.92 bits per heavy atom. The van der Waals surface area contributed by atoms with Crippen molar-refractivity contribution in [3.05, 3.63) is 30.1 Å². The molecule has 0 aliphatic carbocycles. The normalized spacial score (nSPS) is 21.3. The molecule has 142 valence electrons. The minimum Gasteiger partial charge on any atom is -0.497 e. The molecule has 1 aliphatic heterocycles. The van der Waals surface area contributed by atoms with Crippen LogP contribution in [0, 0.1) is 5.41 Å². The fourth-order valence-electron chi connectivity index (χ4n) is 3.52. The van der Waals surface area contributed by atoms with Crippen LogP contribution in [-0.2, 0) is 0 Å². The van der Waals surface area contributed by atoms with Crippen molar-refractivity contribution in [1.82, 2.24) is 25.1 Å². The highest BCUT2D eigenvalue weighted by molar-refractivity contribution is 5.37. The topological polar surface area (TPSA) is 76.3 Å². The van der Waals surface area contributed by atoms with Crippen LogP contribution < -0.4 is 4.74 Å². The summed E-state index contributed by atoms with van der Waals surface area (Å²) in [6.07, 6.45) is 2.97. The number of rotatable bonds is 6. The third kappa shape index (κ3) is 4.04. The Hall–Kier alpha value is -1.99. The molecule has 1 N–H and O–H groups in total. The van der Waals surface area contributed by atoms with Gasteiger partial charge in [-0.1, -0.05) is 20.8 Å². The van der Waals surface area contributed by atoms with Crippen LogP contribution in [0.5, 0.6) is 5.75 Å². The molecule has 2 atom stereocenters. The molecule has 3 rings (SSSR count). The van der Waals surface area contributed by atoms with Crippen LogP contribution in [0.15, 0.2) is 24.3 Å². The van der Waals surface area contributed by atoms with Crippen LogP contribution in [0.4, 0.5) is 0 Å². The van der Waals surface area contributed by atoms with Crippen LogP contribution in [0.1, 0.15) is 51.9 Å². The van der Waals surface area contributed by atoms with Crippen LogP contribution in [0.25, 0.3) is 5.69 Å². The first-order valence-electron chi connectivity index (χ1n) is 9.22. The van der Waals surface area contributed by atoms with Gasteiger partial charge in [-0.2, -0.15) is 4.68 Å². The van der Waals surface area contributed by atoms with Crippen molar-refractivity contribution in [3.8, 4) is 11.4 Å². The zero-order chi connectivity index (χ0) is 18.7. The first kappa shape index (κ1) is 18.8. The van der Waals surface area contributed by atoms with E-state index in [9.17, 15) is 5.11 Å². The first-order valence-corrected chi connectivity index (χ1v) is 9.22. The van der Waals surface area contributed by atoms with Crippen molar-refractivity contribution in [2.75, 3.05) is 20.3 Å². The Kier molecular flexibility index (Phi) is 5.58. The third-order valence-corrected chi connectivity index (χ3v) is 5.08. The molecule has 1 saturated heterocycles. The minimum absolute atomic E-state index is 0.117. The van der Waals surface area contributed by atoms with E-state index in [1.54, 1.807) is 11.8 Å². The number of hydrogen-bond donors (Lipinski definition) is 1. The van der Waals surface area contributed by atoms with E-state index in [1.165, 1.54) is 0 Å². The largest absolute Gasteiger partial charge is 0.497 e. The predicted molar refractivity (Wildman–Crippen MR) is 99.3 cm³/mol. The van der Waals surface area contributed by atoms with E-state index < -0.39 is 0 Å². The fraction of sp³-hybridized carbons (Fsp3) is 0.632. The minimum atomic E-state index is 0.117. The first-order chi connectivity index (χ1) is 12.4. The van der Waals surface area contributed by atoms with Crippen molar-refractivity contribution in [3.63, 3.8) is 0 Å². The van der Waals surface area contributed by atoms with Gasteiger partial charge in [-0.05, 0) is 65.9 Å². The van der Waals surface area contributed by atoms with E-state index in [2.05, 4.69) is 41.2 Å². The van der Waals surface area contributed by atoms with Crippen LogP contribution in [0.2, 0.25) is 0 Å². The average molecular weight is 359 g/mol. The monoisotopic (exact) mass is 359 g/mol. The van der Waals surface area contributed by atoms with Crippen molar-refractivity contribution in [1.29, 1.82) is 0 Å². The maximum Gasteiger partial charge on any atom is 0.173 e. The predicted octanol–water partition coefficient (Wildman–Crippen LogP) is 2.60. The molecule has 0 saturated carbocycles. The molecule has 0 radical (unpaired) electrons. The van der Waals surface area contributed by atoms with E-state index in [0.29, 0.717) is 0 Å². The summed E-state index contributed by atoms with van der Waals surface area (Å²) in [5, 5.41) is 22.3. The highest BCUT2D eigenvalue weighted by atomic mass is 16.5. The van der Waals surface area contributed by atoms with Gasteiger partial charge in [0.2, 0.25) is 0 Å². The molecule has 1 aromatic heterocycles. The van der Waals surface area contributed by atoms with Crippen molar-refractivity contribution in [2.24, 2.45) is 5.41 Å². The van der Waals surface area contributed by atoms with Gasteiger partial charge < -0.3 is 9.84 Å². The van der Waals surface area contributed by atoms with E-state index >= 15 is 0 Å². The van der Waals surface area contributed by atoms with Gasteiger partial charge >= 0.3 is 0 Å². The van der Waals surface area contributed by atoms with Gasteiger partial charge in [0.1, 0.15) is 5.75 Å². The number of aliphatic hydroxyl groups excluding tert-OH is 1. The van der Waals surface area contributed by atoms with Gasteiger partial charge in [0, 0.05) is 6.04 Å². The lowest BCUT2D eigenvalue weighted by atomic mass is 9.92. The number of nitrogens with zero attached hydrogens (tertiary/aromatic N) is 5. The van der Waals surface area contributed by atoms with Gasteiger partial charge in [0.25, 0.3) is 0 Å². The smallest absolute Gasteiger partial charge is 0.173 e. The Morgan fingerprint density at radius 1 is 1.19 bits per heavy atom. The molecule has 2 heterocycles. The second-order valence-electron chi connectivity index (χ2n) is 8.12. The molecular weight excluding hydrogens is 330 g/mol. The Labute approximate surface area is 155 Å². The molecular formula is C19H29N5O2. The summed E-state index contributed by atoms with van der Waals surface area (Å²) >= 11 is 0. The second kappa shape index (κ2) is 7.72. The second-order valence-corrected chi connectivity index (χ2v) is 8.12. The molecule has 1 aliphatic rings. The van der Waals surface area contributed by atoms with Gasteiger partial charge in [0.15, 0.2) is 5.82 Å². The number of ether oxygens (including phenoxy) is 1. The Balaban J connectivity index is 1.86. The van der Waals surface area contributed by atoms with Crippen LogP contribution >= 0.6 is 0 Å². The molecule has 1 aromatic carbocycles. The summed E-state index contributed by atoms with van der Waals surface area (Å²) in [6, 6.07) is 8.01. The molecule has 7 heteroatoms. The summed E-state index contributed by atoms with van der Waals surface area (Å²) in [4.78, 5) is 2.37. The maximum absolute atomic E-state index is 9.81. The van der Waals surface area contributed by atoms with E-state index in [1.807, 2.05) is 24.3 Å². The number of aliphatic hydroxyl groups is 1. The molecule has 2 aromatic rings. The fourth-order valence-corrected chi connectivity index (χ4v) is 3.52. The number of likely N-dealkylation sites (tertiary alicyclic amines) is 1. The number of benzene rings is 1. The van der Waals surface area contributed by atoms with E-state index in [4.69, 9.17) is 4.74 Å². The summed E-state index contributed by atoms with van der Waals surface area (Å²) in [6.45, 7) is 7.83. The SMILES string of the molecule is COc1ccc(-n2nnnc2[C@@H]2CC[C@@H](CO)N2CCC(C)(C)C)cc1. The Morgan fingerprint density at radius 3 is 2.54 bits per heavy atom. The van der Waals surface area contributed by atoms with Crippen LogP contribution in [-0.4, -0.2) is 56.5 Å². The molecule has 0 amide bonds. The van der Waals surface area contributed by atoms with E-state index in [0.717, 1.165) is 43.1 Å². The number of hydrogen-bond acceptors (Lipinski definition) is 6. The summed E-state index contributed by atoms with van der Waals surface area (Å²) in [7, 11) is 1.65. The van der Waals surface area contributed by atoms with Gasteiger partial charge in [-0.3, -0.25) is 4.90 Å². The Bertz CT molecular complexity index is 707. The van der Waals surface area contributed by atoms with Gasteiger partial charge in [-0.25, -0.2) is 0 Å².